The summed E-state index contributed by atoms with van der Waals surface area (Å²) in [4.78, 5) is 0. The largest absolute Gasteiger partial charge is 0.402 e. The van der Waals surface area contributed by atoms with Crippen molar-refractivity contribution in [2.24, 2.45) is 5.73 Å². The van der Waals surface area contributed by atoms with Crippen molar-refractivity contribution in [3.05, 3.63) is 53.2 Å². The monoisotopic (exact) mass is 257 g/mol. The average Bonchev–Trinajstić information content (AvgIpc) is 2.41. The smallest absolute Gasteiger partial charge is 0.00489 e. The SMILES string of the molecule is CCCCCCc1ccc(/C(C)=C/C=C(/C)N)cc1. The Bertz CT molecular complexity index is 420. The molecule has 0 radical (unpaired) electrons. The Hall–Kier alpha value is -1.50. The van der Waals surface area contributed by atoms with Gasteiger partial charge >= 0.3 is 0 Å². The van der Waals surface area contributed by atoms with Crippen LogP contribution in [0.2, 0.25) is 0 Å². The van der Waals surface area contributed by atoms with Crippen LogP contribution in [0.4, 0.5) is 0 Å². The van der Waals surface area contributed by atoms with Gasteiger partial charge in [0.25, 0.3) is 0 Å². The van der Waals surface area contributed by atoms with E-state index in [1.807, 2.05) is 13.0 Å². The predicted octanol–water partition coefficient (Wildman–Crippen LogP) is 5.08. The van der Waals surface area contributed by atoms with Crippen LogP contribution in [-0.2, 0) is 6.42 Å². The van der Waals surface area contributed by atoms with E-state index in [-0.39, 0.29) is 0 Å². The van der Waals surface area contributed by atoms with Crippen LogP contribution in [-0.4, -0.2) is 0 Å². The summed E-state index contributed by atoms with van der Waals surface area (Å²) in [7, 11) is 0. The third-order valence-corrected chi connectivity index (χ3v) is 3.32. The molecule has 104 valence electrons. The first-order valence-electron chi connectivity index (χ1n) is 7.33. The van der Waals surface area contributed by atoms with E-state index in [0.717, 1.165) is 5.70 Å². The second kappa shape index (κ2) is 8.58. The molecule has 0 aliphatic rings. The maximum atomic E-state index is 5.64. The minimum absolute atomic E-state index is 0.840. The van der Waals surface area contributed by atoms with E-state index in [2.05, 4.69) is 44.2 Å². The number of aryl methyl sites for hydroxylation is 1. The summed E-state index contributed by atoms with van der Waals surface area (Å²) in [6.07, 6.45) is 10.5. The minimum Gasteiger partial charge on any atom is -0.402 e. The van der Waals surface area contributed by atoms with E-state index in [9.17, 15) is 0 Å². The van der Waals surface area contributed by atoms with Gasteiger partial charge in [0.05, 0.1) is 0 Å². The number of allylic oxidation sites excluding steroid dienone is 4. The van der Waals surface area contributed by atoms with Gasteiger partial charge in [-0.15, -0.1) is 0 Å². The first-order chi connectivity index (χ1) is 9.13. The Morgan fingerprint density at radius 3 is 2.26 bits per heavy atom. The molecule has 0 aromatic heterocycles. The van der Waals surface area contributed by atoms with Crippen LogP contribution < -0.4 is 5.73 Å². The lowest BCUT2D eigenvalue weighted by Gasteiger charge is -2.04. The molecule has 1 aromatic carbocycles. The van der Waals surface area contributed by atoms with Crippen LogP contribution in [0.1, 0.15) is 57.6 Å². The van der Waals surface area contributed by atoms with Crippen molar-refractivity contribution in [2.45, 2.75) is 52.9 Å². The molecular weight excluding hydrogens is 230 g/mol. The minimum atomic E-state index is 0.840. The molecule has 1 rings (SSSR count). The Balaban J connectivity index is 2.56. The van der Waals surface area contributed by atoms with E-state index in [0.29, 0.717) is 0 Å². The van der Waals surface area contributed by atoms with E-state index >= 15 is 0 Å². The van der Waals surface area contributed by atoms with Crippen molar-refractivity contribution in [1.29, 1.82) is 0 Å². The lowest BCUT2D eigenvalue weighted by molar-refractivity contribution is 0.667. The highest BCUT2D eigenvalue weighted by Gasteiger charge is 1.97. The highest BCUT2D eigenvalue weighted by molar-refractivity contribution is 5.65. The second-order valence-corrected chi connectivity index (χ2v) is 5.27. The Kier molecular flexibility index (Phi) is 7.02. The van der Waals surface area contributed by atoms with Crippen molar-refractivity contribution in [3.63, 3.8) is 0 Å². The molecular formula is C18H27N. The number of hydrogen-bond donors (Lipinski definition) is 1. The van der Waals surface area contributed by atoms with Gasteiger partial charge in [0, 0.05) is 5.70 Å². The fourth-order valence-electron chi connectivity index (χ4n) is 2.04. The number of unbranched alkanes of at least 4 members (excludes halogenated alkanes) is 3. The summed E-state index contributed by atoms with van der Waals surface area (Å²) >= 11 is 0. The molecule has 0 saturated heterocycles. The van der Waals surface area contributed by atoms with Crippen molar-refractivity contribution in [1.82, 2.24) is 0 Å². The Labute approximate surface area is 118 Å². The second-order valence-electron chi connectivity index (χ2n) is 5.27. The third kappa shape index (κ3) is 6.28. The van der Waals surface area contributed by atoms with E-state index in [4.69, 9.17) is 5.73 Å². The summed E-state index contributed by atoms with van der Waals surface area (Å²) in [6.45, 7) is 6.28. The van der Waals surface area contributed by atoms with Gasteiger partial charge in [0.15, 0.2) is 0 Å². The van der Waals surface area contributed by atoms with Crippen LogP contribution in [0.15, 0.2) is 42.1 Å². The molecule has 0 amide bonds. The first-order valence-corrected chi connectivity index (χ1v) is 7.33. The van der Waals surface area contributed by atoms with E-state index in [1.54, 1.807) is 0 Å². The molecule has 2 N–H and O–H groups in total. The summed E-state index contributed by atoms with van der Waals surface area (Å²) in [6, 6.07) is 8.91. The van der Waals surface area contributed by atoms with Crippen molar-refractivity contribution in [2.75, 3.05) is 0 Å². The summed E-state index contributed by atoms with van der Waals surface area (Å²) in [5.41, 5.74) is 10.4. The first kappa shape index (κ1) is 15.6. The van der Waals surface area contributed by atoms with Gasteiger partial charge < -0.3 is 5.73 Å². The molecule has 1 heteroatoms. The van der Waals surface area contributed by atoms with Crippen molar-refractivity contribution >= 4 is 5.57 Å². The zero-order valence-electron chi connectivity index (χ0n) is 12.6. The van der Waals surface area contributed by atoms with Gasteiger partial charge in [0.1, 0.15) is 0 Å². The molecule has 0 heterocycles. The fourth-order valence-corrected chi connectivity index (χ4v) is 2.04. The fraction of sp³-hybridized carbons (Fsp3) is 0.444. The average molecular weight is 257 g/mol. The summed E-state index contributed by atoms with van der Waals surface area (Å²) in [5.74, 6) is 0. The van der Waals surface area contributed by atoms with Crippen LogP contribution >= 0.6 is 0 Å². The van der Waals surface area contributed by atoms with Crippen LogP contribution in [0.3, 0.4) is 0 Å². The summed E-state index contributed by atoms with van der Waals surface area (Å²) < 4.78 is 0. The zero-order chi connectivity index (χ0) is 14.1. The third-order valence-electron chi connectivity index (χ3n) is 3.32. The number of rotatable bonds is 7. The molecule has 0 aliphatic heterocycles. The molecule has 0 fully saturated rings. The molecule has 0 aliphatic carbocycles. The maximum Gasteiger partial charge on any atom is 0.00489 e. The normalized spacial score (nSPS) is 12.8. The van der Waals surface area contributed by atoms with Crippen molar-refractivity contribution in [3.8, 4) is 0 Å². The Morgan fingerprint density at radius 1 is 1.00 bits per heavy atom. The zero-order valence-corrected chi connectivity index (χ0v) is 12.6. The molecule has 0 spiro atoms. The quantitative estimate of drug-likeness (QED) is 0.535. The van der Waals surface area contributed by atoms with Crippen molar-refractivity contribution < 1.29 is 0 Å². The number of hydrogen-bond acceptors (Lipinski definition) is 1. The maximum absolute atomic E-state index is 5.64. The molecule has 1 nitrogen and oxygen atoms in total. The number of nitrogens with two attached hydrogens (primary N) is 1. The van der Waals surface area contributed by atoms with Gasteiger partial charge in [-0.2, -0.15) is 0 Å². The molecule has 0 unspecified atom stereocenters. The standard InChI is InChI=1S/C18H27N/c1-4-5-6-7-8-17-11-13-18(14-12-17)15(2)9-10-16(3)19/h9-14H,4-8,19H2,1-3H3/b15-9+,16-10-. The van der Waals surface area contributed by atoms with E-state index < -0.39 is 0 Å². The predicted molar refractivity (Wildman–Crippen MR) is 85.9 cm³/mol. The highest BCUT2D eigenvalue weighted by Crippen LogP contribution is 2.16. The molecule has 0 saturated carbocycles. The van der Waals surface area contributed by atoms with Gasteiger partial charge in [-0.1, -0.05) is 56.5 Å². The number of benzene rings is 1. The van der Waals surface area contributed by atoms with Gasteiger partial charge in [-0.25, -0.2) is 0 Å². The highest BCUT2D eigenvalue weighted by atomic mass is 14.5. The summed E-state index contributed by atoms with van der Waals surface area (Å²) in [5, 5.41) is 0. The molecule has 19 heavy (non-hydrogen) atoms. The lowest BCUT2D eigenvalue weighted by Crippen LogP contribution is -1.89. The van der Waals surface area contributed by atoms with Gasteiger partial charge in [-0.05, 0) is 49.5 Å². The molecule has 0 atom stereocenters. The topological polar surface area (TPSA) is 26.0 Å². The van der Waals surface area contributed by atoms with Gasteiger partial charge in [-0.3, -0.25) is 0 Å². The van der Waals surface area contributed by atoms with Crippen LogP contribution in [0.25, 0.3) is 5.57 Å². The van der Waals surface area contributed by atoms with Gasteiger partial charge in [0.2, 0.25) is 0 Å². The van der Waals surface area contributed by atoms with E-state index in [1.165, 1.54) is 48.8 Å². The van der Waals surface area contributed by atoms with Crippen LogP contribution in [0.5, 0.6) is 0 Å². The lowest BCUT2D eigenvalue weighted by atomic mass is 10.0. The molecule has 1 aromatic rings. The Morgan fingerprint density at radius 2 is 1.68 bits per heavy atom. The molecule has 0 bridgehead atoms. The van der Waals surface area contributed by atoms with Crippen LogP contribution in [0, 0.1) is 0 Å².